The van der Waals surface area contributed by atoms with Gasteiger partial charge in [0.2, 0.25) is 0 Å². The summed E-state index contributed by atoms with van der Waals surface area (Å²) in [4.78, 5) is 38.6. The quantitative estimate of drug-likeness (QED) is 0.324. The number of hydrogen-bond acceptors (Lipinski definition) is 7. The van der Waals surface area contributed by atoms with Gasteiger partial charge in [0.25, 0.3) is 11.1 Å². The van der Waals surface area contributed by atoms with Crippen LogP contribution in [0.3, 0.4) is 0 Å². The van der Waals surface area contributed by atoms with Crippen molar-refractivity contribution < 1.29 is 28.6 Å². The Labute approximate surface area is 205 Å². The number of hydrogen-bond donors (Lipinski definition) is 0. The first kappa shape index (κ1) is 23.7. The average molecular weight is 498 g/mol. The third-order valence-electron chi connectivity index (χ3n) is 5.19. The van der Waals surface area contributed by atoms with E-state index in [1.54, 1.807) is 18.2 Å². The summed E-state index contributed by atoms with van der Waals surface area (Å²) >= 11 is 7.19. The topological polar surface area (TPSA) is 82.1 Å². The molecule has 7 nitrogen and oxygen atoms in total. The third-order valence-corrected chi connectivity index (χ3v) is 6.38. The minimum absolute atomic E-state index is 0.174. The molecule has 0 saturated carbocycles. The van der Waals surface area contributed by atoms with Crippen LogP contribution in [-0.4, -0.2) is 42.8 Å². The second kappa shape index (κ2) is 10.2. The zero-order valence-electron chi connectivity index (χ0n) is 18.4. The molecule has 1 aliphatic heterocycles. The number of halogens is 1. The van der Waals surface area contributed by atoms with Crippen molar-refractivity contribution in [3.05, 3.63) is 75.7 Å². The highest BCUT2D eigenvalue weighted by molar-refractivity contribution is 8.18. The molecule has 0 N–H and O–H groups in total. The van der Waals surface area contributed by atoms with E-state index in [2.05, 4.69) is 4.74 Å². The molecule has 0 bridgehead atoms. The molecule has 0 atom stereocenters. The number of amides is 2. The monoisotopic (exact) mass is 497 g/mol. The lowest BCUT2D eigenvalue weighted by Crippen LogP contribution is -2.27. The van der Waals surface area contributed by atoms with Crippen LogP contribution in [-0.2, 0) is 20.9 Å². The Kier molecular flexibility index (Phi) is 7.09. The number of imide groups is 1. The number of benzene rings is 3. The van der Waals surface area contributed by atoms with Crippen molar-refractivity contribution in [1.82, 2.24) is 4.90 Å². The van der Waals surface area contributed by atoms with Crippen LogP contribution in [0.1, 0.15) is 11.1 Å². The van der Waals surface area contributed by atoms with Crippen molar-refractivity contribution in [3.63, 3.8) is 0 Å². The molecule has 0 radical (unpaired) electrons. The molecule has 0 aromatic heterocycles. The van der Waals surface area contributed by atoms with E-state index in [-0.39, 0.29) is 45.7 Å². The highest BCUT2D eigenvalue weighted by atomic mass is 35.5. The van der Waals surface area contributed by atoms with Gasteiger partial charge in [-0.2, -0.15) is 0 Å². The van der Waals surface area contributed by atoms with Gasteiger partial charge in [0.05, 0.1) is 30.7 Å². The standard InChI is InChI=1S/C25H20ClNO6S/c1-31-20-11-15(10-19(26)23(20)33-14-22(28)32-2)12-21-24(29)27(25(30)34-21)13-17-8-5-7-16-6-3-4-9-18(16)17/h3-12H,13-14H2,1-2H3/b21-12+. The largest absolute Gasteiger partial charge is 0.493 e. The number of carbonyl (C=O) groups is 3. The van der Waals surface area contributed by atoms with Crippen LogP contribution in [0, 0.1) is 0 Å². The molecule has 174 valence electrons. The molecule has 0 aliphatic carbocycles. The molecule has 1 fully saturated rings. The maximum atomic E-state index is 13.1. The average Bonchev–Trinajstić information content (AvgIpc) is 3.10. The fraction of sp³-hybridized carbons (Fsp3) is 0.160. The number of nitrogens with zero attached hydrogens (tertiary/aromatic N) is 1. The Morgan fingerprint density at radius 2 is 1.85 bits per heavy atom. The molecule has 3 aromatic carbocycles. The predicted octanol–water partition coefficient (Wildman–Crippen LogP) is 5.29. The molecule has 0 unspecified atom stereocenters. The molecule has 34 heavy (non-hydrogen) atoms. The Morgan fingerprint density at radius 1 is 1.09 bits per heavy atom. The van der Waals surface area contributed by atoms with E-state index >= 15 is 0 Å². The molecule has 9 heteroatoms. The highest BCUT2D eigenvalue weighted by Gasteiger charge is 2.35. The van der Waals surface area contributed by atoms with Gasteiger partial charge in [0.15, 0.2) is 18.1 Å². The highest BCUT2D eigenvalue weighted by Crippen LogP contribution is 2.39. The van der Waals surface area contributed by atoms with Gasteiger partial charge in [-0.1, -0.05) is 54.1 Å². The molecule has 4 rings (SSSR count). The van der Waals surface area contributed by atoms with E-state index in [9.17, 15) is 14.4 Å². The Hall–Kier alpha value is -3.49. The van der Waals surface area contributed by atoms with Gasteiger partial charge >= 0.3 is 5.97 Å². The van der Waals surface area contributed by atoms with Crippen LogP contribution in [0.15, 0.2) is 59.5 Å². The third kappa shape index (κ3) is 4.88. The van der Waals surface area contributed by atoms with E-state index in [0.717, 1.165) is 28.1 Å². The van der Waals surface area contributed by atoms with Gasteiger partial charge in [-0.15, -0.1) is 0 Å². The van der Waals surface area contributed by atoms with Gasteiger partial charge in [0, 0.05) is 0 Å². The molecule has 2 amide bonds. The number of esters is 1. The zero-order chi connectivity index (χ0) is 24.2. The summed E-state index contributed by atoms with van der Waals surface area (Å²) in [6, 6.07) is 16.8. The number of carbonyl (C=O) groups excluding carboxylic acids is 3. The summed E-state index contributed by atoms with van der Waals surface area (Å²) in [5.74, 6) is -0.500. The summed E-state index contributed by atoms with van der Waals surface area (Å²) in [6.07, 6.45) is 1.58. The molecule has 0 spiro atoms. The summed E-state index contributed by atoms with van der Waals surface area (Å²) in [5, 5.41) is 1.87. The maximum absolute atomic E-state index is 13.1. The van der Waals surface area contributed by atoms with E-state index in [4.69, 9.17) is 21.1 Å². The molecule has 3 aromatic rings. The number of fused-ring (bicyclic) bond motifs is 1. The summed E-state index contributed by atoms with van der Waals surface area (Å²) in [6.45, 7) is -0.160. The van der Waals surface area contributed by atoms with E-state index in [0.29, 0.717) is 5.56 Å². The van der Waals surface area contributed by atoms with E-state index in [1.807, 2.05) is 42.5 Å². The summed E-state index contributed by atoms with van der Waals surface area (Å²) in [7, 11) is 2.68. The van der Waals surface area contributed by atoms with E-state index < -0.39 is 5.97 Å². The fourth-order valence-corrected chi connectivity index (χ4v) is 4.65. The maximum Gasteiger partial charge on any atom is 0.343 e. The lowest BCUT2D eigenvalue weighted by atomic mass is 10.0. The second-order valence-corrected chi connectivity index (χ2v) is 8.71. The number of rotatable bonds is 7. The minimum atomic E-state index is -0.568. The molecule has 1 saturated heterocycles. The van der Waals surface area contributed by atoms with Crippen LogP contribution in [0.5, 0.6) is 11.5 Å². The Bertz CT molecular complexity index is 1320. The van der Waals surface area contributed by atoms with Crippen molar-refractivity contribution in [2.24, 2.45) is 0 Å². The van der Waals surface area contributed by atoms with Crippen molar-refractivity contribution in [2.75, 3.05) is 20.8 Å². The normalized spacial score (nSPS) is 14.7. The van der Waals surface area contributed by atoms with Crippen LogP contribution >= 0.6 is 23.4 Å². The lowest BCUT2D eigenvalue weighted by Gasteiger charge is -2.14. The zero-order valence-corrected chi connectivity index (χ0v) is 19.9. The van der Waals surface area contributed by atoms with Gasteiger partial charge in [0.1, 0.15) is 0 Å². The van der Waals surface area contributed by atoms with Crippen LogP contribution in [0.2, 0.25) is 5.02 Å². The number of ether oxygens (including phenoxy) is 3. The van der Waals surface area contributed by atoms with Crippen molar-refractivity contribution in [2.45, 2.75) is 6.54 Å². The Balaban J connectivity index is 1.58. The first-order chi connectivity index (χ1) is 16.4. The van der Waals surface area contributed by atoms with Gasteiger partial charge in [-0.3, -0.25) is 14.5 Å². The summed E-state index contributed by atoms with van der Waals surface area (Å²) < 4.78 is 15.3. The van der Waals surface area contributed by atoms with Gasteiger partial charge in [-0.25, -0.2) is 4.79 Å². The molecular weight excluding hydrogens is 478 g/mol. The molecule has 1 heterocycles. The smallest absolute Gasteiger partial charge is 0.343 e. The SMILES string of the molecule is COC(=O)COc1c(Cl)cc(/C=C2/SC(=O)N(Cc3cccc4ccccc34)C2=O)cc1OC. The van der Waals surface area contributed by atoms with Crippen molar-refractivity contribution in [3.8, 4) is 11.5 Å². The molecular formula is C25H20ClNO6S. The number of methoxy groups -OCH3 is 2. The first-order valence-electron chi connectivity index (χ1n) is 10.2. The Morgan fingerprint density at radius 3 is 2.62 bits per heavy atom. The second-order valence-electron chi connectivity index (χ2n) is 7.31. The minimum Gasteiger partial charge on any atom is -0.493 e. The van der Waals surface area contributed by atoms with Crippen molar-refractivity contribution >= 4 is 57.3 Å². The summed E-state index contributed by atoms with van der Waals surface area (Å²) in [5.41, 5.74) is 1.43. The lowest BCUT2D eigenvalue weighted by molar-refractivity contribution is -0.142. The van der Waals surface area contributed by atoms with E-state index in [1.165, 1.54) is 19.1 Å². The van der Waals surface area contributed by atoms with Crippen molar-refractivity contribution in [1.29, 1.82) is 0 Å². The van der Waals surface area contributed by atoms with Gasteiger partial charge in [-0.05, 0) is 51.9 Å². The predicted molar refractivity (Wildman–Crippen MR) is 131 cm³/mol. The fourth-order valence-electron chi connectivity index (χ4n) is 3.54. The molecule has 1 aliphatic rings. The van der Waals surface area contributed by atoms with Crippen LogP contribution in [0.25, 0.3) is 16.8 Å². The van der Waals surface area contributed by atoms with Crippen LogP contribution < -0.4 is 9.47 Å². The number of thioether (sulfide) groups is 1. The first-order valence-corrected chi connectivity index (χ1v) is 11.4. The van der Waals surface area contributed by atoms with Gasteiger partial charge < -0.3 is 14.2 Å². The van der Waals surface area contributed by atoms with Crippen LogP contribution in [0.4, 0.5) is 4.79 Å².